The molecular weight excluding hydrogens is 264 g/mol. The lowest BCUT2D eigenvalue weighted by Crippen LogP contribution is -2.49. The molecule has 0 radical (unpaired) electrons. The summed E-state index contributed by atoms with van der Waals surface area (Å²) in [7, 11) is 0. The number of anilines is 2. The molecule has 1 aromatic heterocycles. The third-order valence-corrected chi connectivity index (χ3v) is 4.06. The summed E-state index contributed by atoms with van der Waals surface area (Å²) >= 11 is 0. The molecule has 21 heavy (non-hydrogen) atoms. The van der Waals surface area contributed by atoms with Crippen molar-refractivity contribution in [1.29, 1.82) is 0 Å². The second kappa shape index (κ2) is 5.83. The Bertz CT molecular complexity index is 619. The number of nitrogens with zero attached hydrogens (tertiary/aromatic N) is 4. The van der Waals surface area contributed by atoms with E-state index in [-0.39, 0.29) is 0 Å². The van der Waals surface area contributed by atoms with Crippen molar-refractivity contribution in [3.63, 3.8) is 0 Å². The van der Waals surface area contributed by atoms with E-state index in [1.165, 1.54) is 0 Å². The van der Waals surface area contributed by atoms with Crippen LogP contribution >= 0.6 is 0 Å². The van der Waals surface area contributed by atoms with Crippen molar-refractivity contribution in [2.75, 3.05) is 36.5 Å². The molecule has 1 aliphatic rings. The normalized spacial score (nSPS) is 16.7. The van der Waals surface area contributed by atoms with E-state index < -0.39 is 0 Å². The molecule has 3 N–H and O–H groups in total. The molecule has 1 saturated heterocycles. The lowest BCUT2D eigenvalue weighted by atomic mass is 10.2. The summed E-state index contributed by atoms with van der Waals surface area (Å²) in [6.07, 6.45) is 0. The van der Waals surface area contributed by atoms with Gasteiger partial charge in [-0.2, -0.15) is 4.98 Å². The summed E-state index contributed by atoms with van der Waals surface area (Å²) < 4.78 is 0. The Hall–Kier alpha value is -1.92. The van der Waals surface area contributed by atoms with Crippen LogP contribution in [0.3, 0.4) is 0 Å². The van der Waals surface area contributed by atoms with Crippen LogP contribution < -0.4 is 16.2 Å². The number of benzene rings is 1. The number of nitrogen functional groups attached to an aromatic ring is 1. The van der Waals surface area contributed by atoms with Crippen molar-refractivity contribution >= 4 is 22.7 Å². The van der Waals surface area contributed by atoms with Crippen LogP contribution in [0.2, 0.25) is 0 Å². The zero-order chi connectivity index (χ0) is 14.8. The largest absolute Gasteiger partial charge is 0.353 e. The third-order valence-electron chi connectivity index (χ3n) is 4.06. The van der Waals surface area contributed by atoms with E-state index in [0.29, 0.717) is 12.0 Å². The van der Waals surface area contributed by atoms with E-state index in [1.54, 1.807) is 0 Å². The van der Waals surface area contributed by atoms with Crippen LogP contribution in [0, 0.1) is 0 Å². The van der Waals surface area contributed by atoms with Crippen molar-refractivity contribution in [3.05, 3.63) is 24.3 Å². The van der Waals surface area contributed by atoms with Crippen molar-refractivity contribution in [1.82, 2.24) is 14.9 Å². The molecule has 0 aliphatic carbocycles. The minimum absolute atomic E-state index is 0.468. The molecule has 0 saturated carbocycles. The Morgan fingerprint density at radius 3 is 2.48 bits per heavy atom. The zero-order valence-corrected chi connectivity index (χ0v) is 12.6. The first-order chi connectivity index (χ1) is 10.2. The maximum atomic E-state index is 5.50. The van der Waals surface area contributed by atoms with Gasteiger partial charge in [0.05, 0.1) is 5.52 Å². The smallest absolute Gasteiger partial charge is 0.239 e. The van der Waals surface area contributed by atoms with Crippen molar-refractivity contribution in [2.24, 2.45) is 5.84 Å². The quantitative estimate of drug-likeness (QED) is 0.657. The van der Waals surface area contributed by atoms with Crippen LogP contribution in [0.25, 0.3) is 10.9 Å². The van der Waals surface area contributed by atoms with E-state index in [9.17, 15) is 0 Å². The number of fused-ring (bicyclic) bond motifs is 1. The SMILES string of the molecule is CC(C)N1CCN(c2nc(NN)nc3ccccc23)CC1. The number of para-hydroxylation sites is 1. The fourth-order valence-corrected chi connectivity index (χ4v) is 2.82. The number of nitrogens with two attached hydrogens (primary N) is 1. The molecule has 0 spiro atoms. The van der Waals surface area contributed by atoms with Gasteiger partial charge in [-0.15, -0.1) is 0 Å². The number of aromatic nitrogens is 2. The predicted octanol–water partition coefficient (Wildman–Crippen LogP) is 1.45. The van der Waals surface area contributed by atoms with E-state index in [2.05, 4.69) is 45.1 Å². The Morgan fingerprint density at radius 1 is 1.10 bits per heavy atom. The molecule has 2 aromatic rings. The summed E-state index contributed by atoms with van der Waals surface area (Å²) in [6, 6.07) is 8.66. The van der Waals surface area contributed by atoms with Gasteiger partial charge < -0.3 is 4.90 Å². The standard InChI is InChI=1S/C15H22N6/c1-11(2)20-7-9-21(10-8-20)14-12-5-3-4-6-13(12)17-15(18-14)19-16/h3-6,11H,7-10,16H2,1-2H3,(H,17,18,19). The molecule has 0 amide bonds. The highest BCUT2D eigenvalue weighted by atomic mass is 15.3. The first-order valence-electron chi connectivity index (χ1n) is 7.41. The number of rotatable bonds is 3. The van der Waals surface area contributed by atoms with Crippen LogP contribution in [-0.4, -0.2) is 47.1 Å². The first-order valence-corrected chi connectivity index (χ1v) is 7.41. The van der Waals surface area contributed by atoms with Crippen molar-refractivity contribution in [2.45, 2.75) is 19.9 Å². The van der Waals surface area contributed by atoms with Gasteiger partial charge in [0.15, 0.2) is 0 Å². The summed E-state index contributed by atoms with van der Waals surface area (Å²) in [6.45, 7) is 8.55. The van der Waals surface area contributed by atoms with Gasteiger partial charge in [-0.05, 0) is 26.0 Å². The number of hydrazine groups is 1. The van der Waals surface area contributed by atoms with E-state index >= 15 is 0 Å². The Labute approximate surface area is 124 Å². The molecule has 112 valence electrons. The van der Waals surface area contributed by atoms with Crippen LogP contribution in [-0.2, 0) is 0 Å². The Kier molecular flexibility index (Phi) is 3.90. The minimum atomic E-state index is 0.468. The lowest BCUT2D eigenvalue weighted by molar-refractivity contribution is 0.209. The van der Waals surface area contributed by atoms with Crippen LogP contribution in [0.4, 0.5) is 11.8 Å². The molecule has 2 heterocycles. The molecule has 6 nitrogen and oxygen atoms in total. The second-order valence-electron chi connectivity index (χ2n) is 5.65. The summed E-state index contributed by atoms with van der Waals surface area (Å²) in [5, 5.41) is 1.08. The Morgan fingerprint density at radius 2 is 1.81 bits per heavy atom. The molecule has 0 unspecified atom stereocenters. The topological polar surface area (TPSA) is 70.3 Å². The second-order valence-corrected chi connectivity index (χ2v) is 5.65. The fraction of sp³-hybridized carbons (Fsp3) is 0.467. The molecular formula is C15H22N6. The highest BCUT2D eigenvalue weighted by molar-refractivity contribution is 5.90. The third kappa shape index (κ3) is 2.77. The molecule has 1 fully saturated rings. The molecule has 1 aliphatic heterocycles. The maximum Gasteiger partial charge on any atom is 0.239 e. The molecule has 0 bridgehead atoms. The summed E-state index contributed by atoms with van der Waals surface area (Å²) in [5.41, 5.74) is 3.48. The monoisotopic (exact) mass is 286 g/mol. The van der Waals surface area contributed by atoms with Gasteiger partial charge in [0, 0.05) is 37.6 Å². The minimum Gasteiger partial charge on any atom is -0.353 e. The van der Waals surface area contributed by atoms with Crippen LogP contribution in [0.1, 0.15) is 13.8 Å². The number of hydrogen-bond donors (Lipinski definition) is 2. The van der Waals surface area contributed by atoms with Gasteiger partial charge in [-0.3, -0.25) is 10.3 Å². The van der Waals surface area contributed by atoms with Crippen LogP contribution in [0.5, 0.6) is 0 Å². The highest BCUT2D eigenvalue weighted by Gasteiger charge is 2.21. The number of hydrogen-bond acceptors (Lipinski definition) is 6. The molecule has 0 atom stereocenters. The number of piperazine rings is 1. The van der Waals surface area contributed by atoms with Crippen molar-refractivity contribution in [3.8, 4) is 0 Å². The predicted molar refractivity (Wildman–Crippen MR) is 86.3 cm³/mol. The van der Waals surface area contributed by atoms with Gasteiger partial charge >= 0.3 is 0 Å². The lowest BCUT2D eigenvalue weighted by Gasteiger charge is -2.37. The van der Waals surface area contributed by atoms with Gasteiger partial charge in [0.1, 0.15) is 5.82 Å². The van der Waals surface area contributed by atoms with E-state index in [1.807, 2.05) is 18.2 Å². The van der Waals surface area contributed by atoms with Crippen molar-refractivity contribution < 1.29 is 0 Å². The van der Waals surface area contributed by atoms with E-state index in [4.69, 9.17) is 5.84 Å². The average Bonchev–Trinajstić information content (AvgIpc) is 2.53. The van der Waals surface area contributed by atoms with Crippen LogP contribution in [0.15, 0.2) is 24.3 Å². The fourth-order valence-electron chi connectivity index (χ4n) is 2.82. The zero-order valence-electron chi connectivity index (χ0n) is 12.6. The van der Waals surface area contributed by atoms with E-state index in [0.717, 1.165) is 42.9 Å². The summed E-state index contributed by atoms with van der Waals surface area (Å²) in [5.74, 6) is 6.94. The first kappa shape index (κ1) is 14.0. The number of nitrogens with one attached hydrogen (secondary N) is 1. The van der Waals surface area contributed by atoms with Gasteiger partial charge in [-0.25, -0.2) is 10.8 Å². The highest BCUT2D eigenvalue weighted by Crippen LogP contribution is 2.26. The maximum absolute atomic E-state index is 5.50. The van der Waals surface area contributed by atoms with Gasteiger partial charge in [-0.1, -0.05) is 12.1 Å². The summed E-state index contributed by atoms with van der Waals surface area (Å²) in [4.78, 5) is 13.8. The Balaban J connectivity index is 1.93. The molecule has 1 aromatic carbocycles. The molecule has 3 rings (SSSR count). The van der Waals surface area contributed by atoms with Gasteiger partial charge in [0.2, 0.25) is 5.95 Å². The molecule has 6 heteroatoms. The van der Waals surface area contributed by atoms with Gasteiger partial charge in [0.25, 0.3) is 0 Å². The average molecular weight is 286 g/mol.